The zero-order valence-corrected chi connectivity index (χ0v) is 15.3. The first-order chi connectivity index (χ1) is 8.47. The number of alkyl halides is 1. The molecule has 0 aromatic carbocycles. The fraction of sp³-hybridized carbons (Fsp3) is 1.00. The van der Waals surface area contributed by atoms with Crippen LogP contribution in [-0.2, 0) is 9.16 Å². The summed E-state index contributed by atoms with van der Waals surface area (Å²) >= 11 is 2.03. The predicted octanol–water partition coefficient (Wildman–Crippen LogP) is 1.25. The summed E-state index contributed by atoms with van der Waals surface area (Å²) < 4.78 is 11.1. The molecule has 7 heteroatoms. The number of aliphatic hydroxyl groups excluding tert-OH is 3. The van der Waals surface area contributed by atoms with Crippen LogP contribution in [-0.4, -0.2) is 58.8 Å². The van der Waals surface area contributed by atoms with E-state index < -0.39 is 32.9 Å². The second-order valence-corrected chi connectivity index (χ2v) is 12.8. The molecule has 114 valence electrons. The zero-order chi connectivity index (χ0) is 15.0. The van der Waals surface area contributed by atoms with Crippen LogP contribution >= 0.6 is 22.6 Å². The molecule has 0 radical (unpaired) electrons. The Morgan fingerprint density at radius 2 is 1.68 bits per heavy atom. The molecule has 0 amide bonds. The Morgan fingerprint density at radius 3 is 2.16 bits per heavy atom. The van der Waals surface area contributed by atoms with Crippen molar-refractivity contribution in [3.63, 3.8) is 0 Å². The molecule has 1 rings (SSSR count). The Labute approximate surface area is 129 Å². The van der Waals surface area contributed by atoms with Gasteiger partial charge in [-0.05, 0) is 18.1 Å². The van der Waals surface area contributed by atoms with Gasteiger partial charge in [0, 0.05) is 0 Å². The second kappa shape index (κ2) is 6.25. The highest BCUT2D eigenvalue weighted by Crippen LogP contribution is 2.37. The maximum atomic E-state index is 9.83. The Kier molecular flexibility index (Phi) is 5.85. The van der Waals surface area contributed by atoms with E-state index >= 15 is 0 Å². The van der Waals surface area contributed by atoms with Gasteiger partial charge < -0.3 is 24.5 Å². The molecule has 1 heterocycles. The smallest absolute Gasteiger partial charge is 0.192 e. The van der Waals surface area contributed by atoms with Crippen molar-refractivity contribution in [2.75, 3.05) is 6.61 Å². The lowest BCUT2D eigenvalue weighted by Crippen LogP contribution is -2.57. The molecule has 0 unspecified atom stereocenters. The van der Waals surface area contributed by atoms with Crippen LogP contribution in [0.2, 0.25) is 18.1 Å². The summed E-state index contributed by atoms with van der Waals surface area (Å²) in [7, 11) is -1.89. The van der Waals surface area contributed by atoms with Crippen molar-refractivity contribution in [3.05, 3.63) is 0 Å². The molecule has 1 fully saturated rings. The molecular formula is C12H25IO5Si. The van der Waals surface area contributed by atoms with Crippen LogP contribution in [0.25, 0.3) is 0 Å². The van der Waals surface area contributed by atoms with Gasteiger partial charge in [-0.25, -0.2) is 0 Å². The first kappa shape index (κ1) is 17.8. The highest BCUT2D eigenvalue weighted by molar-refractivity contribution is 14.1. The number of hydrogen-bond donors (Lipinski definition) is 3. The van der Waals surface area contributed by atoms with Crippen molar-refractivity contribution in [3.8, 4) is 0 Å². The lowest BCUT2D eigenvalue weighted by molar-refractivity contribution is -0.245. The van der Waals surface area contributed by atoms with Gasteiger partial charge in [-0.15, -0.1) is 0 Å². The van der Waals surface area contributed by atoms with E-state index in [0.717, 1.165) is 0 Å². The highest BCUT2D eigenvalue weighted by Gasteiger charge is 2.44. The highest BCUT2D eigenvalue weighted by atomic mass is 127. The number of rotatable bonds is 3. The standard InChI is InChI=1S/C12H25IO5Si/c1-12(2,3)19(4,5)17-6-7-8(13)9(14)10(15)11(16)18-7/h7-11,14-16H,6H2,1-5H3/t7-,8-,9+,10-,11-/m1/s1. The van der Waals surface area contributed by atoms with E-state index in [4.69, 9.17) is 9.16 Å². The minimum absolute atomic E-state index is 0.0964. The molecule has 19 heavy (non-hydrogen) atoms. The molecule has 0 saturated carbocycles. The number of aliphatic hydroxyl groups is 3. The lowest BCUT2D eigenvalue weighted by atomic mass is 10.0. The van der Waals surface area contributed by atoms with Crippen LogP contribution < -0.4 is 0 Å². The largest absolute Gasteiger partial charge is 0.414 e. The van der Waals surface area contributed by atoms with Crippen LogP contribution in [0.1, 0.15) is 20.8 Å². The molecule has 0 aromatic heterocycles. The van der Waals surface area contributed by atoms with Crippen molar-refractivity contribution < 1.29 is 24.5 Å². The monoisotopic (exact) mass is 404 g/mol. The summed E-state index contributed by atoms with van der Waals surface area (Å²) in [6.07, 6.45) is -4.03. The summed E-state index contributed by atoms with van der Waals surface area (Å²) in [4.78, 5) is 0. The van der Waals surface area contributed by atoms with Gasteiger partial charge in [0.05, 0.1) is 22.7 Å². The van der Waals surface area contributed by atoms with Crippen LogP contribution in [0, 0.1) is 0 Å². The average molecular weight is 404 g/mol. The summed E-state index contributed by atoms with van der Waals surface area (Å²) in [5.41, 5.74) is 0. The fourth-order valence-corrected chi connectivity index (χ4v) is 3.37. The third-order valence-electron chi connectivity index (χ3n) is 4.05. The Balaban J connectivity index is 2.63. The quantitative estimate of drug-likeness (QED) is 0.375. The van der Waals surface area contributed by atoms with Crippen molar-refractivity contribution in [2.24, 2.45) is 0 Å². The molecule has 1 saturated heterocycles. The normalized spacial score (nSPS) is 37.4. The first-order valence-electron chi connectivity index (χ1n) is 6.45. The van der Waals surface area contributed by atoms with Crippen LogP contribution in [0.5, 0.6) is 0 Å². The molecule has 3 N–H and O–H groups in total. The average Bonchev–Trinajstić information content (AvgIpc) is 2.28. The third-order valence-corrected chi connectivity index (χ3v) is 10.1. The van der Waals surface area contributed by atoms with E-state index in [-0.39, 0.29) is 8.96 Å². The summed E-state index contributed by atoms with van der Waals surface area (Å²) in [6.45, 7) is 11.0. The molecule has 0 aliphatic carbocycles. The van der Waals surface area contributed by atoms with Crippen molar-refractivity contribution in [1.29, 1.82) is 0 Å². The van der Waals surface area contributed by atoms with Gasteiger partial charge in [0.1, 0.15) is 6.10 Å². The lowest BCUT2D eigenvalue weighted by Gasteiger charge is -2.41. The molecule has 0 spiro atoms. The molecule has 1 aliphatic rings. The SMILES string of the molecule is CC(C)(C)[Si](C)(C)OC[C@H]1O[C@@H](O)[C@H](O)[C@@H](O)[C@@H]1I. The summed E-state index contributed by atoms with van der Waals surface area (Å²) in [5.74, 6) is 0. The van der Waals surface area contributed by atoms with Gasteiger partial charge in [0.15, 0.2) is 14.6 Å². The van der Waals surface area contributed by atoms with E-state index in [9.17, 15) is 15.3 Å². The fourth-order valence-electron chi connectivity index (χ4n) is 1.55. The number of hydrogen-bond acceptors (Lipinski definition) is 5. The van der Waals surface area contributed by atoms with Crippen LogP contribution in [0.3, 0.4) is 0 Å². The zero-order valence-electron chi connectivity index (χ0n) is 12.1. The van der Waals surface area contributed by atoms with E-state index in [1.165, 1.54) is 0 Å². The molecule has 5 nitrogen and oxygen atoms in total. The molecular weight excluding hydrogens is 379 g/mol. The Morgan fingerprint density at radius 1 is 1.16 bits per heavy atom. The van der Waals surface area contributed by atoms with E-state index in [1.807, 2.05) is 22.6 Å². The van der Waals surface area contributed by atoms with Crippen LogP contribution in [0.4, 0.5) is 0 Å². The first-order valence-corrected chi connectivity index (χ1v) is 10.6. The van der Waals surface area contributed by atoms with Gasteiger partial charge in [0.2, 0.25) is 0 Å². The summed E-state index contributed by atoms with van der Waals surface area (Å²) in [5, 5.41) is 29.0. The van der Waals surface area contributed by atoms with E-state index in [1.54, 1.807) is 0 Å². The Hall–Kier alpha value is 0.747. The molecule has 5 atom stereocenters. The minimum Gasteiger partial charge on any atom is -0.414 e. The minimum atomic E-state index is -1.89. The van der Waals surface area contributed by atoms with Gasteiger partial charge in [-0.2, -0.15) is 0 Å². The topological polar surface area (TPSA) is 79.2 Å². The van der Waals surface area contributed by atoms with Crippen molar-refractivity contribution in [2.45, 2.75) is 67.4 Å². The molecule has 0 aromatic rings. The third kappa shape index (κ3) is 4.11. The van der Waals surface area contributed by atoms with E-state index in [0.29, 0.717) is 6.61 Å². The van der Waals surface area contributed by atoms with Gasteiger partial charge in [-0.3, -0.25) is 0 Å². The number of ether oxygens (including phenoxy) is 1. The van der Waals surface area contributed by atoms with Gasteiger partial charge >= 0.3 is 0 Å². The van der Waals surface area contributed by atoms with Gasteiger partial charge in [-0.1, -0.05) is 43.4 Å². The Bertz CT molecular complexity index is 307. The molecule has 1 aliphatic heterocycles. The maximum absolute atomic E-state index is 9.83. The van der Waals surface area contributed by atoms with E-state index in [2.05, 4.69) is 33.9 Å². The van der Waals surface area contributed by atoms with Gasteiger partial charge in [0.25, 0.3) is 0 Å². The van der Waals surface area contributed by atoms with Crippen molar-refractivity contribution >= 4 is 30.9 Å². The molecule has 0 bridgehead atoms. The van der Waals surface area contributed by atoms with Crippen molar-refractivity contribution in [1.82, 2.24) is 0 Å². The van der Waals surface area contributed by atoms with Crippen LogP contribution in [0.15, 0.2) is 0 Å². The maximum Gasteiger partial charge on any atom is 0.192 e. The number of halogens is 1. The predicted molar refractivity (Wildman–Crippen MR) is 83.9 cm³/mol. The summed E-state index contributed by atoms with van der Waals surface area (Å²) in [6, 6.07) is 0. The second-order valence-electron chi connectivity index (χ2n) is 6.56.